The van der Waals surface area contributed by atoms with Gasteiger partial charge in [0.05, 0.1) is 17.8 Å². The predicted molar refractivity (Wildman–Crippen MR) is 73.7 cm³/mol. The molecular formula is C14H21FN2O2. The van der Waals surface area contributed by atoms with Crippen LogP contribution in [0.1, 0.15) is 26.3 Å². The molecule has 2 amide bonds. The number of anilines is 1. The number of hydrogen-bond donors (Lipinski definition) is 2. The lowest BCUT2D eigenvalue weighted by Gasteiger charge is -2.28. The second kappa shape index (κ2) is 6.02. The number of hydrogen-bond acceptors (Lipinski definition) is 2. The van der Waals surface area contributed by atoms with E-state index in [9.17, 15) is 14.3 Å². The van der Waals surface area contributed by atoms with Crippen LogP contribution in [0.2, 0.25) is 0 Å². The minimum absolute atomic E-state index is 0.143. The highest BCUT2D eigenvalue weighted by Gasteiger charge is 2.21. The quantitative estimate of drug-likeness (QED) is 0.882. The third-order valence-corrected chi connectivity index (χ3v) is 2.61. The number of nitrogens with zero attached hydrogens (tertiary/aromatic N) is 1. The number of amides is 2. The van der Waals surface area contributed by atoms with E-state index in [0.29, 0.717) is 6.54 Å². The lowest BCUT2D eigenvalue weighted by atomic mass is 10.1. The topological polar surface area (TPSA) is 52.6 Å². The molecule has 0 aliphatic rings. The summed E-state index contributed by atoms with van der Waals surface area (Å²) < 4.78 is 13.6. The molecule has 0 atom stereocenters. The summed E-state index contributed by atoms with van der Waals surface area (Å²) in [5.41, 5.74) is -0.0526. The van der Waals surface area contributed by atoms with E-state index in [1.54, 1.807) is 33.8 Å². The van der Waals surface area contributed by atoms with Crippen LogP contribution in [0, 0.1) is 12.7 Å². The third-order valence-electron chi connectivity index (χ3n) is 2.61. The molecule has 0 fully saturated rings. The summed E-state index contributed by atoms with van der Waals surface area (Å²) >= 11 is 0. The summed E-state index contributed by atoms with van der Waals surface area (Å²) in [5, 5.41) is 12.2. The van der Waals surface area contributed by atoms with Crippen molar-refractivity contribution in [2.45, 2.75) is 33.3 Å². The summed E-state index contributed by atoms with van der Waals surface area (Å²) in [6, 6.07) is 4.19. The molecule has 0 saturated heterocycles. The van der Waals surface area contributed by atoms with Crippen LogP contribution in [-0.2, 0) is 0 Å². The normalized spacial score (nSPS) is 11.3. The Morgan fingerprint density at radius 1 is 1.47 bits per heavy atom. The van der Waals surface area contributed by atoms with Crippen molar-refractivity contribution in [1.82, 2.24) is 4.90 Å². The number of aryl methyl sites for hydroxylation is 1. The van der Waals surface area contributed by atoms with Crippen LogP contribution < -0.4 is 5.32 Å². The van der Waals surface area contributed by atoms with E-state index in [4.69, 9.17) is 0 Å². The molecule has 19 heavy (non-hydrogen) atoms. The molecule has 0 heterocycles. The minimum Gasteiger partial charge on any atom is -0.389 e. The number of benzene rings is 1. The van der Waals surface area contributed by atoms with Crippen molar-refractivity contribution in [1.29, 1.82) is 0 Å². The highest BCUT2D eigenvalue weighted by atomic mass is 19.1. The highest BCUT2D eigenvalue weighted by molar-refractivity contribution is 5.89. The van der Waals surface area contributed by atoms with E-state index >= 15 is 0 Å². The van der Waals surface area contributed by atoms with E-state index < -0.39 is 17.4 Å². The fourth-order valence-electron chi connectivity index (χ4n) is 1.71. The van der Waals surface area contributed by atoms with Crippen molar-refractivity contribution in [2.24, 2.45) is 0 Å². The SMILES string of the molecule is CCN(CC(C)(C)O)C(=O)Nc1ccc(C)cc1F. The number of urea groups is 1. The lowest BCUT2D eigenvalue weighted by molar-refractivity contribution is 0.0501. The summed E-state index contributed by atoms with van der Waals surface area (Å²) in [4.78, 5) is 13.4. The van der Waals surface area contributed by atoms with Gasteiger partial charge in [0.1, 0.15) is 5.82 Å². The van der Waals surface area contributed by atoms with Crippen molar-refractivity contribution >= 4 is 11.7 Å². The number of rotatable bonds is 4. The third kappa shape index (κ3) is 4.87. The Kier molecular flexibility index (Phi) is 4.89. The van der Waals surface area contributed by atoms with Crippen LogP contribution in [0.5, 0.6) is 0 Å². The zero-order valence-electron chi connectivity index (χ0n) is 11.8. The standard InChI is InChI=1S/C14H21FN2O2/c1-5-17(9-14(3,4)19)13(18)16-12-7-6-10(2)8-11(12)15/h6-8,19H,5,9H2,1-4H3,(H,16,18). The zero-order chi connectivity index (χ0) is 14.6. The second-order valence-corrected chi connectivity index (χ2v) is 5.24. The molecule has 0 aliphatic carbocycles. The Labute approximate surface area is 113 Å². The van der Waals surface area contributed by atoms with Gasteiger partial charge in [0, 0.05) is 6.54 Å². The molecule has 0 radical (unpaired) electrons. The van der Waals surface area contributed by atoms with E-state index in [1.165, 1.54) is 17.0 Å². The van der Waals surface area contributed by atoms with Crippen molar-refractivity contribution < 1.29 is 14.3 Å². The fraction of sp³-hybridized carbons (Fsp3) is 0.500. The van der Waals surface area contributed by atoms with E-state index in [0.717, 1.165) is 5.56 Å². The zero-order valence-corrected chi connectivity index (χ0v) is 11.8. The van der Waals surface area contributed by atoms with Gasteiger partial charge in [-0.2, -0.15) is 0 Å². The number of carbonyl (C=O) groups excluding carboxylic acids is 1. The largest absolute Gasteiger partial charge is 0.389 e. The van der Waals surface area contributed by atoms with Gasteiger partial charge in [-0.25, -0.2) is 9.18 Å². The number of nitrogens with one attached hydrogen (secondary N) is 1. The van der Waals surface area contributed by atoms with Crippen molar-refractivity contribution in [3.8, 4) is 0 Å². The van der Waals surface area contributed by atoms with Gasteiger partial charge in [-0.15, -0.1) is 0 Å². The van der Waals surface area contributed by atoms with Crippen LogP contribution in [0.25, 0.3) is 0 Å². The van der Waals surface area contributed by atoms with Gasteiger partial charge in [-0.3, -0.25) is 0 Å². The van der Waals surface area contributed by atoms with Crippen molar-refractivity contribution in [2.75, 3.05) is 18.4 Å². The maximum atomic E-state index is 13.6. The van der Waals surface area contributed by atoms with E-state index in [-0.39, 0.29) is 12.2 Å². The van der Waals surface area contributed by atoms with Gasteiger partial charge in [0.25, 0.3) is 0 Å². The molecule has 2 N–H and O–H groups in total. The van der Waals surface area contributed by atoms with Crippen LogP contribution in [0.3, 0.4) is 0 Å². The molecule has 5 heteroatoms. The summed E-state index contributed by atoms with van der Waals surface area (Å²) in [6.07, 6.45) is 0. The van der Waals surface area contributed by atoms with Crippen LogP contribution in [-0.4, -0.2) is 34.7 Å². The number of likely N-dealkylation sites (N-methyl/N-ethyl adjacent to an activating group) is 1. The minimum atomic E-state index is -0.987. The summed E-state index contributed by atoms with van der Waals surface area (Å²) in [5.74, 6) is -0.465. The first-order valence-electron chi connectivity index (χ1n) is 6.27. The Hall–Kier alpha value is -1.62. The number of halogens is 1. The molecule has 0 spiro atoms. The smallest absolute Gasteiger partial charge is 0.322 e. The van der Waals surface area contributed by atoms with Gasteiger partial charge >= 0.3 is 6.03 Å². The Morgan fingerprint density at radius 2 is 2.11 bits per heavy atom. The first-order valence-corrected chi connectivity index (χ1v) is 6.27. The summed E-state index contributed by atoms with van der Waals surface area (Å²) in [6.45, 7) is 7.44. The van der Waals surface area contributed by atoms with Crippen LogP contribution >= 0.6 is 0 Å². The van der Waals surface area contributed by atoms with Gasteiger partial charge in [-0.05, 0) is 45.4 Å². The molecule has 1 rings (SSSR count). The van der Waals surface area contributed by atoms with Gasteiger partial charge in [0.2, 0.25) is 0 Å². The van der Waals surface area contributed by atoms with Gasteiger partial charge in [0.15, 0.2) is 0 Å². The predicted octanol–water partition coefficient (Wildman–Crippen LogP) is 2.76. The van der Waals surface area contributed by atoms with Crippen LogP contribution in [0.4, 0.5) is 14.9 Å². The molecule has 1 aromatic carbocycles. The molecule has 0 aliphatic heterocycles. The molecule has 4 nitrogen and oxygen atoms in total. The van der Waals surface area contributed by atoms with Crippen molar-refractivity contribution in [3.63, 3.8) is 0 Å². The van der Waals surface area contributed by atoms with E-state index in [1.807, 2.05) is 0 Å². The Morgan fingerprint density at radius 3 is 2.58 bits per heavy atom. The first kappa shape index (κ1) is 15.4. The molecule has 0 saturated carbocycles. The average molecular weight is 268 g/mol. The molecule has 0 bridgehead atoms. The van der Waals surface area contributed by atoms with Gasteiger partial charge in [-0.1, -0.05) is 6.07 Å². The van der Waals surface area contributed by atoms with Gasteiger partial charge < -0.3 is 15.3 Å². The second-order valence-electron chi connectivity index (χ2n) is 5.24. The maximum absolute atomic E-state index is 13.6. The highest BCUT2D eigenvalue weighted by Crippen LogP contribution is 2.16. The number of aliphatic hydroxyl groups is 1. The molecule has 0 unspecified atom stereocenters. The number of carbonyl (C=O) groups is 1. The Balaban J connectivity index is 2.77. The maximum Gasteiger partial charge on any atom is 0.322 e. The molecular weight excluding hydrogens is 247 g/mol. The van der Waals surface area contributed by atoms with Crippen LogP contribution in [0.15, 0.2) is 18.2 Å². The monoisotopic (exact) mass is 268 g/mol. The first-order chi connectivity index (χ1) is 8.73. The Bertz CT molecular complexity index is 455. The van der Waals surface area contributed by atoms with E-state index in [2.05, 4.69) is 5.32 Å². The fourth-order valence-corrected chi connectivity index (χ4v) is 1.71. The lowest BCUT2D eigenvalue weighted by Crippen LogP contribution is -2.44. The summed E-state index contributed by atoms with van der Waals surface area (Å²) in [7, 11) is 0. The average Bonchev–Trinajstić information content (AvgIpc) is 2.28. The molecule has 106 valence electrons. The molecule has 0 aromatic heterocycles. The van der Waals surface area contributed by atoms with Crippen molar-refractivity contribution in [3.05, 3.63) is 29.6 Å². The molecule has 1 aromatic rings.